The average molecular weight is 414 g/mol. The largest absolute Gasteiger partial charge is 0.456 e. The molecule has 1 aromatic heterocycles. The van der Waals surface area contributed by atoms with Gasteiger partial charge in [0.05, 0.1) is 11.6 Å². The molecule has 1 aliphatic rings. The molecule has 1 heterocycles. The Kier molecular flexibility index (Phi) is 5.61. The number of halogens is 1. The molecular weight excluding hydrogens is 398 g/mol. The van der Waals surface area contributed by atoms with Crippen molar-refractivity contribution in [3.63, 3.8) is 0 Å². The van der Waals surface area contributed by atoms with Crippen LogP contribution >= 0.6 is 11.6 Å². The Labute approximate surface area is 179 Å². The van der Waals surface area contributed by atoms with Gasteiger partial charge in [-0.1, -0.05) is 11.6 Å². The number of allylic oxidation sites excluding steroid dienone is 1. The summed E-state index contributed by atoms with van der Waals surface area (Å²) >= 11 is 6.16. The fourth-order valence-electron chi connectivity index (χ4n) is 2.95. The summed E-state index contributed by atoms with van der Waals surface area (Å²) < 4.78 is 5.95. The van der Waals surface area contributed by atoms with Crippen molar-refractivity contribution in [3.05, 3.63) is 76.6 Å². The molecule has 146 valence electrons. The van der Waals surface area contributed by atoms with Crippen molar-refractivity contribution in [2.45, 2.75) is 18.8 Å². The molecule has 0 unspecified atom stereocenters. The normalized spacial score (nSPS) is 12.9. The second-order valence-corrected chi connectivity index (χ2v) is 7.25. The van der Waals surface area contributed by atoms with Crippen LogP contribution < -0.4 is 10.1 Å². The van der Waals surface area contributed by atoms with E-state index in [9.17, 15) is 5.26 Å². The van der Waals surface area contributed by atoms with Crippen LogP contribution in [0.15, 0.2) is 54.7 Å². The number of nitriles is 2. The topological polar surface area (TPSA) is 94.6 Å². The van der Waals surface area contributed by atoms with Gasteiger partial charge in [-0.05, 0) is 60.9 Å². The lowest BCUT2D eigenvalue weighted by Gasteiger charge is -2.12. The van der Waals surface area contributed by atoms with E-state index < -0.39 is 0 Å². The molecule has 0 atom stereocenters. The molecule has 3 aromatic rings. The van der Waals surface area contributed by atoms with Crippen LogP contribution in [0, 0.1) is 22.7 Å². The zero-order chi connectivity index (χ0) is 20.9. The molecule has 2 aromatic carbocycles. The lowest BCUT2D eigenvalue weighted by atomic mass is 10.2. The second kappa shape index (κ2) is 8.65. The van der Waals surface area contributed by atoms with Crippen LogP contribution in [0.2, 0.25) is 5.02 Å². The number of nitrogens with zero attached hydrogens (tertiary/aromatic N) is 4. The Morgan fingerprint density at radius 2 is 2.00 bits per heavy atom. The summed E-state index contributed by atoms with van der Waals surface area (Å²) in [5.74, 6) is 1.86. The van der Waals surface area contributed by atoms with Crippen LogP contribution in [-0.4, -0.2) is 9.97 Å². The highest BCUT2D eigenvalue weighted by molar-refractivity contribution is 6.30. The summed E-state index contributed by atoms with van der Waals surface area (Å²) in [5, 5.41) is 21.8. The highest BCUT2D eigenvalue weighted by atomic mass is 35.5. The van der Waals surface area contributed by atoms with Crippen LogP contribution in [0.4, 0.5) is 11.6 Å². The molecule has 0 spiro atoms. The minimum absolute atomic E-state index is 0.373. The first kappa shape index (κ1) is 19.4. The molecule has 0 amide bonds. The van der Waals surface area contributed by atoms with Crippen LogP contribution in [0.3, 0.4) is 0 Å². The molecule has 0 saturated heterocycles. The highest BCUT2D eigenvalue weighted by Gasteiger charge is 2.25. The van der Waals surface area contributed by atoms with E-state index in [1.165, 1.54) is 6.08 Å². The summed E-state index contributed by atoms with van der Waals surface area (Å²) in [6.07, 6.45) is 7.06. The molecule has 0 aliphatic heterocycles. The first-order valence-electron chi connectivity index (χ1n) is 9.33. The number of nitrogens with one attached hydrogen (secondary N) is 1. The number of ether oxygens (including phenoxy) is 1. The van der Waals surface area contributed by atoms with Crippen molar-refractivity contribution < 1.29 is 4.74 Å². The third kappa shape index (κ3) is 4.75. The van der Waals surface area contributed by atoms with Crippen LogP contribution in [0.1, 0.15) is 35.6 Å². The zero-order valence-electron chi connectivity index (χ0n) is 15.8. The van der Waals surface area contributed by atoms with Crippen molar-refractivity contribution in [2.75, 3.05) is 5.32 Å². The van der Waals surface area contributed by atoms with Crippen molar-refractivity contribution >= 4 is 29.3 Å². The lowest BCUT2D eigenvalue weighted by molar-refractivity contribution is 0.481. The lowest BCUT2D eigenvalue weighted by Crippen LogP contribution is -2.00. The molecule has 1 aliphatic carbocycles. The van der Waals surface area contributed by atoms with Gasteiger partial charge in [0.1, 0.15) is 17.6 Å². The van der Waals surface area contributed by atoms with Gasteiger partial charge in [0.2, 0.25) is 5.95 Å². The number of anilines is 2. The molecule has 30 heavy (non-hydrogen) atoms. The maximum Gasteiger partial charge on any atom is 0.227 e. The maximum atomic E-state index is 9.46. The van der Waals surface area contributed by atoms with E-state index in [0.717, 1.165) is 24.1 Å². The monoisotopic (exact) mass is 413 g/mol. The van der Waals surface area contributed by atoms with E-state index in [0.29, 0.717) is 39.6 Å². The van der Waals surface area contributed by atoms with Gasteiger partial charge in [0, 0.05) is 40.7 Å². The first-order chi connectivity index (χ1) is 14.6. The minimum Gasteiger partial charge on any atom is -0.456 e. The Balaban J connectivity index is 1.60. The summed E-state index contributed by atoms with van der Waals surface area (Å²) in [4.78, 5) is 8.83. The van der Waals surface area contributed by atoms with E-state index in [2.05, 4.69) is 21.4 Å². The maximum absolute atomic E-state index is 9.46. The first-order valence-corrected chi connectivity index (χ1v) is 9.71. The van der Waals surface area contributed by atoms with Gasteiger partial charge < -0.3 is 10.1 Å². The summed E-state index contributed by atoms with van der Waals surface area (Å²) in [5.41, 5.74) is 2.83. The van der Waals surface area contributed by atoms with Crippen molar-refractivity contribution in [1.82, 2.24) is 9.97 Å². The Morgan fingerprint density at radius 1 is 1.13 bits per heavy atom. The SMILES string of the molecule is N#C/C=C/c1cc(Cl)cc(Oc2cc(Nc3nccc(C4CC4)n3)ccc2C#N)c1. The third-order valence-electron chi connectivity index (χ3n) is 4.50. The fourth-order valence-corrected chi connectivity index (χ4v) is 3.18. The van der Waals surface area contributed by atoms with Crippen molar-refractivity contribution in [1.29, 1.82) is 10.5 Å². The molecule has 7 heteroatoms. The Morgan fingerprint density at radius 3 is 2.77 bits per heavy atom. The van der Waals surface area contributed by atoms with Gasteiger partial charge in [-0.2, -0.15) is 10.5 Å². The zero-order valence-corrected chi connectivity index (χ0v) is 16.6. The smallest absolute Gasteiger partial charge is 0.227 e. The van der Waals surface area contributed by atoms with Crippen LogP contribution in [0.25, 0.3) is 6.08 Å². The Hall–Kier alpha value is -3.87. The van der Waals surface area contributed by atoms with Crippen molar-refractivity contribution in [2.24, 2.45) is 0 Å². The number of aromatic nitrogens is 2. The van der Waals surface area contributed by atoms with Gasteiger partial charge in [-0.3, -0.25) is 0 Å². The quantitative estimate of drug-likeness (QED) is 0.501. The van der Waals surface area contributed by atoms with Crippen LogP contribution in [-0.2, 0) is 0 Å². The highest BCUT2D eigenvalue weighted by Crippen LogP contribution is 2.39. The molecule has 0 radical (unpaired) electrons. The molecule has 6 nitrogen and oxygen atoms in total. The summed E-state index contributed by atoms with van der Waals surface area (Å²) in [6, 6.07) is 16.3. The second-order valence-electron chi connectivity index (χ2n) is 6.81. The third-order valence-corrected chi connectivity index (χ3v) is 4.72. The minimum atomic E-state index is 0.373. The Bertz CT molecular complexity index is 1200. The van der Waals surface area contributed by atoms with E-state index >= 15 is 0 Å². The summed E-state index contributed by atoms with van der Waals surface area (Å²) in [6.45, 7) is 0. The molecule has 1 fully saturated rings. The molecule has 0 bridgehead atoms. The van der Waals surface area contributed by atoms with Gasteiger partial charge in [-0.25, -0.2) is 9.97 Å². The summed E-state index contributed by atoms with van der Waals surface area (Å²) in [7, 11) is 0. The average Bonchev–Trinajstić information content (AvgIpc) is 3.58. The van der Waals surface area contributed by atoms with E-state index in [1.807, 2.05) is 12.1 Å². The van der Waals surface area contributed by atoms with Gasteiger partial charge in [0.25, 0.3) is 0 Å². The number of rotatable bonds is 6. The van der Waals surface area contributed by atoms with E-state index in [1.54, 1.807) is 48.7 Å². The van der Waals surface area contributed by atoms with Gasteiger partial charge in [-0.15, -0.1) is 0 Å². The molecule has 1 N–H and O–H groups in total. The predicted octanol–water partition coefficient (Wildman–Crippen LogP) is 5.95. The number of hydrogen-bond acceptors (Lipinski definition) is 6. The number of hydrogen-bond donors (Lipinski definition) is 1. The standard InChI is InChI=1S/C23H16ClN5O/c24-18-10-15(2-1-8-25)11-20(12-18)30-22-13-19(6-5-17(22)14-26)28-23-27-9-7-21(29-23)16-3-4-16/h1-2,5-7,9-13,16H,3-4H2,(H,27,28,29)/b2-1+. The van der Waals surface area contributed by atoms with Crippen molar-refractivity contribution in [3.8, 4) is 23.6 Å². The molecule has 1 saturated carbocycles. The van der Waals surface area contributed by atoms with Crippen LogP contribution in [0.5, 0.6) is 11.5 Å². The molecular formula is C23H16ClN5O. The van der Waals surface area contributed by atoms with E-state index in [4.69, 9.17) is 21.6 Å². The molecule has 4 rings (SSSR count). The fraction of sp³-hybridized carbons (Fsp3) is 0.130. The number of benzene rings is 2. The van der Waals surface area contributed by atoms with Gasteiger partial charge in [0.15, 0.2) is 0 Å². The predicted molar refractivity (Wildman–Crippen MR) is 115 cm³/mol. The van der Waals surface area contributed by atoms with E-state index in [-0.39, 0.29) is 0 Å². The van der Waals surface area contributed by atoms with Gasteiger partial charge >= 0.3 is 0 Å².